The number of amides is 1. The van der Waals surface area contributed by atoms with Crippen LogP contribution in [0.3, 0.4) is 0 Å². The van der Waals surface area contributed by atoms with Crippen molar-refractivity contribution in [1.29, 1.82) is 0 Å². The molecule has 36 heavy (non-hydrogen) atoms. The summed E-state index contributed by atoms with van der Waals surface area (Å²) in [6.45, 7) is 2.05. The number of methoxy groups -OCH3 is 1. The zero-order valence-electron chi connectivity index (χ0n) is 19.5. The smallest absolute Gasteiger partial charge is 0.417 e. The van der Waals surface area contributed by atoms with E-state index in [9.17, 15) is 26.7 Å². The monoisotopic (exact) mass is 512 g/mol. The number of benzene rings is 1. The molecule has 0 unspecified atom stereocenters. The Morgan fingerprint density at radius 1 is 1.25 bits per heavy atom. The number of hydrogen-bond acceptors (Lipinski definition) is 7. The van der Waals surface area contributed by atoms with Crippen LogP contribution < -0.4 is 10.1 Å². The van der Waals surface area contributed by atoms with Crippen molar-refractivity contribution in [3.05, 3.63) is 47.7 Å². The van der Waals surface area contributed by atoms with Gasteiger partial charge in [-0.2, -0.15) is 17.6 Å². The molecule has 3 heterocycles. The molecule has 1 saturated heterocycles. The molecule has 0 radical (unpaired) electrons. The molecule has 4 atom stereocenters. The van der Waals surface area contributed by atoms with Crippen LogP contribution in [0.25, 0.3) is 11.5 Å². The Kier molecular flexibility index (Phi) is 6.41. The number of rotatable bonds is 5. The van der Waals surface area contributed by atoms with E-state index in [1.54, 1.807) is 7.05 Å². The largest absolute Gasteiger partial charge is 0.493 e. The first kappa shape index (κ1) is 25.4. The molecule has 1 fully saturated rings. The molecule has 1 aromatic carbocycles. The second-order valence-electron chi connectivity index (χ2n) is 8.49. The van der Waals surface area contributed by atoms with Crippen molar-refractivity contribution < 1.29 is 36.2 Å². The number of aryl methyl sites for hydroxylation is 1. The van der Waals surface area contributed by atoms with Gasteiger partial charge in [0, 0.05) is 36.3 Å². The lowest BCUT2D eigenvalue weighted by atomic mass is 9.77. The number of carbonyl (C=O) groups excluding carboxylic acids is 1. The lowest BCUT2D eigenvalue weighted by molar-refractivity contribution is -0.272. The minimum atomic E-state index is -4.87. The number of anilines is 1. The molecule has 0 saturated carbocycles. The number of nitrogens with one attached hydrogen (secondary N) is 1. The van der Waals surface area contributed by atoms with Crippen LogP contribution in [0.2, 0.25) is 0 Å². The summed E-state index contributed by atoms with van der Waals surface area (Å²) in [4.78, 5) is 17.4. The third-order valence-corrected chi connectivity index (χ3v) is 6.45. The van der Waals surface area contributed by atoms with Gasteiger partial charge in [0.05, 0.1) is 7.11 Å². The predicted molar refractivity (Wildman–Crippen MR) is 115 cm³/mol. The molecule has 0 spiro atoms. The number of alkyl halides is 3. The minimum Gasteiger partial charge on any atom is -0.493 e. The van der Waals surface area contributed by atoms with Crippen molar-refractivity contribution in [2.75, 3.05) is 12.4 Å². The topological polar surface area (TPSA) is 104 Å². The van der Waals surface area contributed by atoms with E-state index in [1.165, 1.54) is 29.9 Å². The molecular formula is C22H21F5N6O3. The third kappa shape index (κ3) is 4.14. The van der Waals surface area contributed by atoms with Crippen molar-refractivity contribution in [1.82, 2.24) is 25.2 Å². The van der Waals surface area contributed by atoms with Gasteiger partial charge in [0.2, 0.25) is 5.82 Å². The lowest BCUT2D eigenvalue weighted by Crippen LogP contribution is -2.47. The van der Waals surface area contributed by atoms with Crippen LogP contribution in [0, 0.1) is 17.6 Å². The summed E-state index contributed by atoms with van der Waals surface area (Å²) in [6, 6.07) is 4.70. The highest BCUT2D eigenvalue weighted by Gasteiger charge is 2.65. The maximum atomic E-state index is 14.5. The zero-order chi connectivity index (χ0) is 26.4. The fraction of sp³-hybridized carbons (Fsp3) is 0.409. The number of carbonyl (C=O) groups is 1. The molecule has 1 aliphatic heterocycles. The van der Waals surface area contributed by atoms with Gasteiger partial charge in [0.1, 0.15) is 11.8 Å². The summed E-state index contributed by atoms with van der Waals surface area (Å²) in [5.41, 5.74) is -2.41. The van der Waals surface area contributed by atoms with Crippen molar-refractivity contribution in [3.63, 3.8) is 0 Å². The number of pyridine rings is 1. The Hall–Kier alpha value is -3.68. The molecule has 9 nitrogen and oxygen atoms in total. The van der Waals surface area contributed by atoms with Gasteiger partial charge in [-0.1, -0.05) is 13.0 Å². The molecule has 192 valence electrons. The van der Waals surface area contributed by atoms with Gasteiger partial charge in [-0.25, -0.2) is 9.07 Å². The number of halogens is 5. The van der Waals surface area contributed by atoms with Gasteiger partial charge in [-0.15, -0.1) is 5.10 Å². The van der Waals surface area contributed by atoms with Crippen molar-refractivity contribution >= 4 is 11.6 Å². The fourth-order valence-electron chi connectivity index (χ4n) is 4.33. The summed E-state index contributed by atoms with van der Waals surface area (Å²) in [7, 11) is 2.63. The highest BCUT2D eigenvalue weighted by atomic mass is 19.4. The summed E-state index contributed by atoms with van der Waals surface area (Å²) in [6.07, 6.45) is -5.24. The van der Waals surface area contributed by atoms with E-state index in [2.05, 4.69) is 25.8 Å². The lowest BCUT2D eigenvalue weighted by Gasteiger charge is -2.32. The van der Waals surface area contributed by atoms with Gasteiger partial charge >= 0.3 is 6.18 Å². The maximum Gasteiger partial charge on any atom is 0.417 e. The number of tetrazole rings is 1. The summed E-state index contributed by atoms with van der Waals surface area (Å²) in [5, 5.41) is 13.6. The van der Waals surface area contributed by atoms with Crippen LogP contribution in [-0.2, 0) is 16.6 Å². The Morgan fingerprint density at radius 2 is 1.97 bits per heavy atom. The average molecular weight is 512 g/mol. The van der Waals surface area contributed by atoms with E-state index in [-0.39, 0.29) is 17.1 Å². The molecule has 3 aromatic rings. The second kappa shape index (κ2) is 9.08. The summed E-state index contributed by atoms with van der Waals surface area (Å²) < 4.78 is 82.2. The molecular weight excluding hydrogens is 491 g/mol. The molecule has 2 aromatic heterocycles. The number of nitrogens with zero attached hydrogens (tertiary/aromatic N) is 5. The highest BCUT2D eigenvalue weighted by molar-refractivity contribution is 5.95. The highest BCUT2D eigenvalue weighted by Crippen LogP contribution is 2.55. The first-order chi connectivity index (χ1) is 16.9. The van der Waals surface area contributed by atoms with Crippen LogP contribution >= 0.6 is 0 Å². The molecule has 1 N–H and O–H groups in total. The normalized spacial score (nSPS) is 24.1. The Morgan fingerprint density at radius 3 is 2.58 bits per heavy atom. The predicted octanol–water partition coefficient (Wildman–Crippen LogP) is 3.64. The van der Waals surface area contributed by atoms with Crippen molar-refractivity contribution in [2.24, 2.45) is 13.0 Å². The van der Waals surface area contributed by atoms with Gasteiger partial charge in [-0.05, 0) is 35.5 Å². The first-order valence-electron chi connectivity index (χ1n) is 10.6. The van der Waals surface area contributed by atoms with E-state index >= 15 is 0 Å². The number of aromatic nitrogens is 5. The molecule has 4 rings (SSSR count). The Labute approximate surface area is 201 Å². The van der Waals surface area contributed by atoms with E-state index in [4.69, 9.17) is 9.47 Å². The van der Waals surface area contributed by atoms with Crippen LogP contribution in [0.1, 0.15) is 25.3 Å². The molecule has 0 bridgehead atoms. The molecule has 1 amide bonds. The fourth-order valence-corrected chi connectivity index (χ4v) is 4.33. The van der Waals surface area contributed by atoms with E-state index in [0.717, 1.165) is 26.2 Å². The Bertz CT molecular complexity index is 1300. The Balaban J connectivity index is 1.74. The average Bonchev–Trinajstić information content (AvgIpc) is 3.37. The van der Waals surface area contributed by atoms with Gasteiger partial charge in [0.25, 0.3) is 5.91 Å². The first-order valence-corrected chi connectivity index (χ1v) is 10.6. The summed E-state index contributed by atoms with van der Waals surface area (Å²) in [5.74, 6) is -6.57. The van der Waals surface area contributed by atoms with E-state index in [1.807, 2.05) is 0 Å². The van der Waals surface area contributed by atoms with Gasteiger partial charge in [-0.3, -0.25) is 9.78 Å². The molecule has 14 heteroatoms. The SMILES string of the molecule is COc1c([C@@H]2[C@@H](C(=O)Nc3ccnc(-c4nnnn4C)c3)O[C@](C)(C(F)(F)F)[C@@H]2C)ccc(F)c1F. The van der Waals surface area contributed by atoms with Crippen LogP contribution in [0.15, 0.2) is 30.5 Å². The van der Waals surface area contributed by atoms with Crippen LogP contribution in [-0.4, -0.2) is 56.1 Å². The number of ether oxygens (including phenoxy) is 2. The minimum absolute atomic E-state index is 0.127. The van der Waals surface area contributed by atoms with Gasteiger partial charge in [0.15, 0.2) is 23.0 Å². The second-order valence-corrected chi connectivity index (χ2v) is 8.49. The third-order valence-electron chi connectivity index (χ3n) is 6.45. The van der Waals surface area contributed by atoms with E-state index < -0.39 is 53.0 Å². The van der Waals surface area contributed by atoms with Gasteiger partial charge < -0.3 is 14.8 Å². The molecule has 0 aliphatic carbocycles. The van der Waals surface area contributed by atoms with Crippen molar-refractivity contribution in [3.8, 4) is 17.3 Å². The standard InChI is InChI=1S/C22H21F5N6O3/c1-10-15(12-5-6-13(23)16(24)17(12)35-4)18(36-21(10,2)22(25,26)27)20(34)29-11-7-8-28-14(9-11)19-30-31-32-33(19)3/h5-10,15,18H,1-4H3,(H,28,29,34)/t10-,15-,18+,21+/m1/s1. The summed E-state index contributed by atoms with van der Waals surface area (Å²) >= 11 is 0. The molecule has 1 aliphatic rings. The maximum absolute atomic E-state index is 14.5. The number of hydrogen-bond donors (Lipinski definition) is 1. The zero-order valence-corrected chi connectivity index (χ0v) is 19.5. The van der Waals surface area contributed by atoms with E-state index in [0.29, 0.717) is 5.69 Å². The van der Waals surface area contributed by atoms with Crippen LogP contribution in [0.5, 0.6) is 5.75 Å². The van der Waals surface area contributed by atoms with Crippen molar-refractivity contribution in [2.45, 2.75) is 37.6 Å². The van der Waals surface area contributed by atoms with Crippen LogP contribution in [0.4, 0.5) is 27.6 Å². The quantitative estimate of drug-likeness (QED) is 0.521.